The second-order valence-corrected chi connectivity index (χ2v) is 6.66. The first kappa shape index (κ1) is 19.5. The summed E-state index contributed by atoms with van der Waals surface area (Å²) in [6, 6.07) is 10.5. The maximum atomic E-state index is 5.59. The topological polar surface area (TPSA) is 72.0 Å². The molecule has 1 aliphatic heterocycles. The molecule has 0 radical (unpaired) electrons. The fraction of sp³-hybridized carbons (Fsp3) is 0.421. The molecule has 7 nitrogen and oxygen atoms in total. The first-order chi connectivity index (χ1) is 12.8. The molecule has 144 valence electrons. The summed E-state index contributed by atoms with van der Waals surface area (Å²) in [6.07, 6.45) is 2.69. The van der Waals surface area contributed by atoms with Crippen LogP contribution < -0.4 is 5.32 Å². The number of benzene rings is 1. The van der Waals surface area contributed by atoms with Gasteiger partial charge in [-0.25, -0.2) is 0 Å². The van der Waals surface area contributed by atoms with Crippen molar-refractivity contribution in [1.29, 1.82) is 0 Å². The van der Waals surface area contributed by atoms with E-state index in [4.69, 9.17) is 4.52 Å². The Labute approximate surface area is 165 Å². The van der Waals surface area contributed by atoms with Gasteiger partial charge in [0, 0.05) is 19.6 Å². The Morgan fingerprint density at radius 1 is 1.26 bits per heavy atom. The third kappa shape index (κ3) is 4.05. The molecule has 0 aliphatic carbocycles. The van der Waals surface area contributed by atoms with E-state index in [0.717, 1.165) is 49.7 Å². The van der Waals surface area contributed by atoms with Crippen molar-refractivity contribution in [3.63, 3.8) is 0 Å². The summed E-state index contributed by atoms with van der Waals surface area (Å²) in [4.78, 5) is 6.93. The Morgan fingerprint density at radius 3 is 2.81 bits per heavy atom. The van der Waals surface area contributed by atoms with E-state index in [1.807, 2.05) is 29.1 Å². The predicted molar refractivity (Wildman–Crippen MR) is 106 cm³/mol. The third-order valence-corrected chi connectivity index (χ3v) is 4.94. The highest BCUT2D eigenvalue weighted by molar-refractivity contribution is 5.85. The molecular weight excluding hydrogens is 364 g/mol. The second-order valence-electron chi connectivity index (χ2n) is 6.66. The van der Waals surface area contributed by atoms with E-state index in [-0.39, 0.29) is 18.4 Å². The Hall–Kier alpha value is -2.22. The molecule has 1 fully saturated rings. The van der Waals surface area contributed by atoms with Gasteiger partial charge in [-0.15, -0.1) is 12.4 Å². The quantitative estimate of drug-likeness (QED) is 0.724. The Balaban J connectivity index is 0.00000210. The summed E-state index contributed by atoms with van der Waals surface area (Å²) in [7, 11) is 2.09. The maximum Gasteiger partial charge on any atom is 0.261 e. The van der Waals surface area contributed by atoms with Gasteiger partial charge in [0.2, 0.25) is 0 Å². The van der Waals surface area contributed by atoms with Gasteiger partial charge in [-0.05, 0) is 19.0 Å². The summed E-state index contributed by atoms with van der Waals surface area (Å²) in [5.41, 5.74) is 3.26. The lowest BCUT2D eigenvalue weighted by Crippen LogP contribution is -2.44. The lowest BCUT2D eigenvalue weighted by molar-refractivity contribution is 0.190. The van der Waals surface area contributed by atoms with Crippen molar-refractivity contribution in [2.45, 2.75) is 25.9 Å². The number of hydrogen-bond acceptors (Lipinski definition) is 6. The van der Waals surface area contributed by atoms with Crippen LogP contribution in [0.1, 0.15) is 30.0 Å². The van der Waals surface area contributed by atoms with E-state index in [0.29, 0.717) is 5.89 Å². The highest BCUT2D eigenvalue weighted by atomic mass is 35.5. The van der Waals surface area contributed by atoms with Crippen molar-refractivity contribution in [1.82, 2.24) is 30.1 Å². The summed E-state index contributed by atoms with van der Waals surface area (Å²) in [6.45, 7) is 5.66. The van der Waals surface area contributed by atoms with Crippen LogP contribution in [0.15, 0.2) is 41.1 Å². The minimum atomic E-state index is 0. The summed E-state index contributed by atoms with van der Waals surface area (Å²) in [5.74, 6) is 1.28. The van der Waals surface area contributed by atoms with Crippen LogP contribution in [0.25, 0.3) is 11.5 Å². The molecule has 1 unspecified atom stereocenters. The van der Waals surface area contributed by atoms with Crippen molar-refractivity contribution in [2.24, 2.45) is 0 Å². The van der Waals surface area contributed by atoms with Gasteiger partial charge in [0.05, 0.1) is 30.0 Å². The van der Waals surface area contributed by atoms with Crippen LogP contribution in [-0.2, 0) is 13.0 Å². The number of piperazine rings is 1. The van der Waals surface area contributed by atoms with E-state index < -0.39 is 0 Å². The van der Waals surface area contributed by atoms with Crippen LogP contribution in [0.3, 0.4) is 0 Å². The van der Waals surface area contributed by atoms with Crippen LogP contribution in [0.5, 0.6) is 0 Å². The highest BCUT2D eigenvalue weighted by Crippen LogP contribution is 2.26. The van der Waals surface area contributed by atoms with E-state index >= 15 is 0 Å². The summed E-state index contributed by atoms with van der Waals surface area (Å²) >= 11 is 0. The molecule has 2 aromatic heterocycles. The molecule has 0 saturated carbocycles. The SMILES string of the molecule is CCc1c(-c2nc(C3CNCCN3C)no2)cnn1Cc1ccccc1.Cl. The molecule has 1 aromatic carbocycles. The van der Waals surface area contributed by atoms with Gasteiger partial charge in [-0.3, -0.25) is 9.58 Å². The fourth-order valence-electron chi connectivity index (χ4n) is 3.43. The van der Waals surface area contributed by atoms with Gasteiger partial charge < -0.3 is 9.84 Å². The zero-order chi connectivity index (χ0) is 17.9. The molecule has 0 amide bonds. The molecule has 1 saturated heterocycles. The second kappa shape index (κ2) is 8.65. The van der Waals surface area contributed by atoms with Crippen molar-refractivity contribution >= 4 is 12.4 Å². The molecule has 1 N–H and O–H groups in total. The molecule has 27 heavy (non-hydrogen) atoms. The standard InChI is InChI=1S/C19H24N6O.ClH/c1-3-16-15(11-21-25(16)13-14-7-5-4-6-8-14)19-22-18(23-26-19)17-12-20-9-10-24(17)2;/h4-8,11,17,20H,3,9-10,12-13H2,1-2H3;1H. The van der Waals surface area contributed by atoms with Crippen LogP contribution in [-0.4, -0.2) is 51.5 Å². The number of aromatic nitrogens is 4. The van der Waals surface area contributed by atoms with E-state index in [2.05, 4.69) is 51.6 Å². The summed E-state index contributed by atoms with van der Waals surface area (Å²) < 4.78 is 7.61. The van der Waals surface area contributed by atoms with Crippen LogP contribution in [0.2, 0.25) is 0 Å². The molecule has 3 aromatic rings. The normalized spacial score (nSPS) is 17.6. The molecule has 1 atom stereocenters. The average Bonchev–Trinajstić information content (AvgIpc) is 3.29. The van der Waals surface area contributed by atoms with E-state index in [1.54, 1.807) is 0 Å². The van der Waals surface area contributed by atoms with Gasteiger partial charge in [-0.1, -0.05) is 42.4 Å². The van der Waals surface area contributed by atoms with Gasteiger partial charge >= 0.3 is 0 Å². The third-order valence-electron chi connectivity index (χ3n) is 4.94. The number of likely N-dealkylation sites (N-methyl/N-ethyl adjacent to an activating group) is 1. The number of rotatable bonds is 5. The Bertz CT molecular complexity index is 862. The number of nitrogens with zero attached hydrogens (tertiary/aromatic N) is 5. The molecule has 0 bridgehead atoms. The van der Waals surface area contributed by atoms with Gasteiger partial charge in [0.15, 0.2) is 5.82 Å². The van der Waals surface area contributed by atoms with Gasteiger partial charge in [0.1, 0.15) is 0 Å². The van der Waals surface area contributed by atoms with Gasteiger partial charge in [-0.2, -0.15) is 10.1 Å². The largest absolute Gasteiger partial charge is 0.334 e. The highest BCUT2D eigenvalue weighted by Gasteiger charge is 2.26. The smallest absolute Gasteiger partial charge is 0.261 e. The molecule has 8 heteroatoms. The van der Waals surface area contributed by atoms with Crippen molar-refractivity contribution in [2.75, 3.05) is 26.7 Å². The lowest BCUT2D eigenvalue weighted by atomic mass is 10.1. The van der Waals surface area contributed by atoms with Crippen LogP contribution in [0.4, 0.5) is 0 Å². The molecular formula is C19H25ClN6O. The Morgan fingerprint density at radius 2 is 2.07 bits per heavy atom. The molecule has 1 aliphatic rings. The Kier molecular flexibility index (Phi) is 6.26. The van der Waals surface area contributed by atoms with Crippen molar-refractivity contribution in [3.8, 4) is 11.5 Å². The van der Waals surface area contributed by atoms with Crippen molar-refractivity contribution < 1.29 is 4.52 Å². The zero-order valence-corrected chi connectivity index (χ0v) is 16.4. The van der Waals surface area contributed by atoms with Crippen LogP contribution in [0, 0.1) is 0 Å². The minimum Gasteiger partial charge on any atom is -0.334 e. The lowest BCUT2D eigenvalue weighted by Gasteiger charge is -2.30. The monoisotopic (exact) mass is 388 g/mol. The molecule has 4 rings (SSSR count). The first-order valence-electron chi connectivity index (χ1n) is 9.09. The summed E-state index contributed by atoms with van der Waals surface area (Å²) in [5, 5.41) is 12.2. The number of nitrogens with one attached hydrogen (secondary N) is 1. The van der Waals surface area contributed by atoms with E-state index in [1.165, 1.54) is 5.56 Å². The average molecular weight is 389 g/mol. The number of halogens is 1. The van der Waals surface area contributed by atoms with Crippen LogP contribution >= 0.6 is 12.4 Å². The van der Waals surface area contributed by atoms with Crippen molar-refractivity contribution in [3.05, 3.63) is 53.6 Å². The van der Waals surface area contributed by atoms with Gasteiger partial charge in [0.25, 0.3) is 5.89 Å². The predicted octanol–water partition coefficient (Wildman–Crippen LogP) is 2.54. The molecule has 3 heterocycles. The zero-order valence-electron chi connectivity index (χ0n) is 15.6. The maximum absolute atomic E-state index is 5.59. The minimum absolute atomic E-state index is 0. The molecule has 0 spiro atoms. The van der Waals surface area contributed by atoms with E-state index in [9.17, 15) is 0 Å². The fourth-order valence-corrected chi connectivity index (χ4v) is 3.43. The first-order valence-corrected chi connectivity index (χ1v) is 9.09. The number of hydrogen-bond donors (Lipinski definition) is 1.